The van der Waals surface area contributed by atoms with Crippen molar-refractivity contribution in [3.63, 3.8) is 0 Å². The number of hydrogen-bond acceptors (Lipinski definition) is 9. The zero-order valence-corrected chi connectivity index (χ0v) is 17.0. The second-order valence-electron chi connectivity index (χ2n) is 6.85. The Morgan fingerprint density at radius 2 is 1.75 bits per heavy atom. The molecule has 0 atom stereocenters. The van der Waals surface area contributed by atoms with Crippen LogP contribution >= 0.6 is 0 Å². The summed E-state index contributed by atoms with van der Waals surface area (Å²) >= 11 is 0. The molecule has 0 aliphatic carbocycles. The van der Waals surface area contributed by atoms with E-state index in [1.165, 1.54) is 18.2 Å². The summed E-state index contributed by atoms with van der Waals surface area (Å²) in [6.45, 7) is 4.07. The number of hydrazine groups is 1. The predicted molar refractivity (Wildman–Crippen MR) is 113 cm³/mol. The first-order chi connectivity index (χ1) is 15.3. The van der Waals surface area contributed by atoms with Crippen molar-refractivity contribution in [3.8, 4) is 11.6 Å². The number of non-ortho nitro benzene ring substituents is 1. The van der Waals surface area contributed by atoms with E-state index in [2.05, 4.69) is 20.8 Å². The average Bonchev–Trinajstić information content (AvgIpc) is 2.77. The van der Waals surface area contributed by atoms with Crippen molar-refractivity contribution in [2.24, 2.45) is 0 Å². The summed E-state index contributed by atoms with van der Waals surface area (Å²) < 4.78 is 5.56. The van der Waals surface area contributed by atoms with E-state index in [0.717, 1.165) is 18.0 Å². The summed E-state index contributed by atoms with van der Waals surface area (Å²) in [5.41, 5.74) is 4.75. The molecular weight excluding hydrogens is 420 g/mol. The van der Waals surface area contributed by atoms with E-state index < -0.39 is 21.4 Å². The molecule has 2 N–H and O–H groups in total. The molecule has 0 fully saturated rings. The molecule has 0 aliphatic rings. The van der Waals surface area contributed by atoms with Gasteiger partial charge in [0.15, 0.2) is 0 Å². The van der Waals surface area contributed by atoms with Crippen LogP contribution in [0.25, 0.3) is 0 Å². The summed E-state index contributed by atoms with van der Waals surface area (Å²) in [4.78, 5) is 41.0. The number of rotatable bonds is 8. The molecule has 0 radical (unpaired) electrons. The molecule has 2 aromatic carbocycles. The molecule has 0 spiro atoms. The summed E-state index contributed by atoms with van der Waals surface area (Å²) in [6.07, 6.45) is 1.03. The minimum atomic E-state index is -0.756. The Morgan fingerprint density at radius 1 is 1.03 bits per heavy atom. The number of amides is 1. The molecule has 164 valence electrons. The van der Waals surface area contributed by atoms with E-state index >= 15 is 0 Å². The first-order valence-electron chi connectivity index (χ1n) is 9.34. The van der Waals surface area contributed by atoms with Gasteiger partial charge in [0.25, 0.3) is 11.6 Å². The van der Waals surface area contributed by atoms with Gasteiger partial charge < -0.3 is 4.74 Å². The highest BCUT2D eigenvalue weighted by molar-refractivity contribution is 5.95. The third-order valence-corrected chi connectivity index (χ3v) is 4.35. The average molecular weight is 438 g/mol. The quantitative estimate of drug-likeness (QED) is 0.391. The Hall–Kier alpha value is -4.61. The van der Waals surface area contributed by atoms with Gasteiger partial charge >= 0.3 is 11.6 Å². The van der Waals surface area contributed by atoms with Gasteiger partial charge in [0.05, 0.1) is 9.85 Å². The summed E-state index contributed by atoms with van der Waals surface area (Å²) in [5.74, 6) is -0.758. The highest BCUT2D eigenvalue weighted by Crippen LogP contribution is 2.34. The van der Waals surface area contributed by atoms with Crippen LogP contribution in [0, 0.1) is 20.2 Å². The van der Waals surface area contributed by atoms with Gasteiger partial charge in [-0.3, -0.25) is 35.9 Å². The van der Waals surface area contributed by atoms with Crippen LogP contribution in [0.15, 0.2) is 54.9 Å². The van der Waals surface area contributed by atoms with E-state index in [1.54, 1.807) is 12.1 Å². The monoisotopic (exact) mass is 438 g/mol. The molecule has 0 aliphatic heterocycles. The number of nitro groups is 2. The van der Waals surface area contributed by atoms with Gasteiger partial charge in [-0.05, 0) is 29.7 Å². The van der Waals surface area contributed by atoms with E-state index in [9.17, 15) is 25.0 Å². The lowest BCUT2D eigenvalue weighted by atomic mass is 10.0. The smallest absolute Gasteiger partial charge is 0.374 e. The van der Waals surface area contributed by atoms with Crippen LogP contribution in [0.4, 0.5) is 17.2 Å². The number of hydrogen-bond donors (Lipinski definition) is 2. The Bertz CT molecular complexity index is 1170. The maximum atomic E-state index is 12.3. The van der Waals surface area contributed by atoms with E-state index in [0.29, 0.717) is 11.7 Å². The number of nitrogens with zero attached hydrogens (tertiary/aromatic N) is 4. The molecule has 0 saturated carbocycles. The highest BCUT2D eigenvalue weighted by atomic mass is 16.6. The van der Waals surface area contributed by atoms with Crippen molar-refractivity contribution in [2.75, 3.05) is 5.43 Å². The zero-order chi connectivity index (χ0) is 23.3. The molecule has 1 amide bonds. The minimum Gasteiger partial charge on any atom is -0.434 e. The molecule has 0 bridgehead atoms. The van der Waals surface area contributed by atoms with Crippen LogP contribution < -0.4 is 15.6 Å². The normalized spacial score (nSPS) is 10.5. The second kappa shape index (κ2) is 9.47. The molecule has 32 heavy (non-hydrogen) atoms. The maximum Gasteiger partial charge on any atom is 0.374 e. The lowest BCUT2D eigenvalue weighted by molar-refractivity contribution is -0.385. The zero-order valence-electron chi connectivity index (χ0n) is 17.0. The summed E-state index contributed by atoms with van der Waals surface area (Å²) in [6, 6.07) is 12.0. The van der Waals surface area contributed by atoms with Crippen molar-refractivity contribution < 1.29 is 19.4 Å². The van der Waals surface area contributed by atoms with Crippen LogP contribution in [0.5, 0.6) is 11.6 Å². The number of carbonyl (C=O) groups is 1. The molecule has 0 unspecified atom stereocenters. The van der Waals surface area contributed by atoms with Gasteiger partial charge in [0.2, 0.25) is 5.82 Å². The SMILES string of the molecule is CC(C)c1ccc(Oc2ncnc(NNC(=O)c3cccc([N+](=O)[O-])c3)c2[N+](=O)[O-])cc1. The fraction of sp³-hybridized carbons (Fsp3) is 0.150. The van der Waals surface area contributed by atoms with Crippen molar-refractivity contribution in [1.29, 1.82) is 0 Å². The Morgan fingerprint density at radius 3 is 2.38 bits per heavy atom. The lowest BCUT2D eigenvalue weighted by Crippen LogP contribution is -2.30. The summed E-state index contributed by atoms with van der Waals surface area (Å²) in [7, 11) is 0. The molecule has 1 heterocycles. The summed E-state index contributed by atoms with van der Waals surface area (Å²) in [5, 5.41) is 22.5. The van der Waals surface area contributed by atoms with Gasteiger partial charge in [-0.15, -0.1) is 0 Å². The molecule has 0 saturated heterocycles. The Kier molecular flexibility index (Phi) is 6.53. The van der Waals surface area contributed by atoms with Crippen molar-refractivity contribution in [1.82, 2.24) is 15.4 Å². The van der Waals surface area contributed by atoms with Crippen LogP contribution in [-0.2, 0) is 0 Å². The van der Waals surface area contributed by atoms with Gasteiger partial charge in [0.1, 0.15) is 12.1 Å². The lowest BCUT2D eigenvalue weighted by Gasteiger charge is -2.11. The highest BCUT2D eigenvalue weighted by Gasteiger charge is 2.26. The topological polar surface area (TPSA) is 162 Å². The molecular formula is C20H18N6O6. The Labute approximate surface area is 181 Å². The van der Waals surface area contributed by atoms with E-state index in [-0.39, 0.29) is 22.9 Å². The number of anilines is 1. The van der Waals surface area contributed by atoms with Gasteiger partial charge in [-0.1, -0.05) is 32.0 Å². The number of benzene rings is 2. The standard InChI is InChI=1S/C20H18N6O6/c1-12(2)13-6-8-16(9-7-13)32-20-17(26(30)31)18(21-11-22-20)23-24-19(27)14-4-3-5-15(10-14)25(28)29/h3-12H,1-2H3,(H,24,27)(H,21,22,23). The van der Waals surface area contributed by atoms with Crippen LogP contribution in [0.2, 0.25) is 0 Å². The minimum absolute atomic E-state index is 0.0230. The van der Waals surface area contributed by atoms with E-state index in [1.807, 2.05) is 26.0 Å². The molecule has 12 heteroatoms. The van der Waals surface area contributed by atoms with Gasteiger partial charge in [-0.25, -0.2) is 4.98 Å². The molecule has 3 rings (SSSR count). The first kappa shape index (κ1) is 22.1. The maximum absolute atomic E-state index is 12.3. The third-order valence-electron chi connectivity index (χ3n) is 4.35. The van der Waals surface area contributed by atoms with Crippen molar-refractivity contribution >= 4 is 23.1 Å². The second-order valence-corrected chi connectivity index (χ2v) is 6.85. The van der Waals surface area contributed by atoms with Crippen LogP contribution in [-0.4, -0.2) is 25.7 Å². The number of aromatic nitrogens is 2. The Balaban J connectivity index is 1.80. The van der Waals surface area contributed by atoms with Crippen molar-refractivity contribution in [3.05, 3.63) is 86.2 Å². The first-order valence-corrected chi connectivity index (χ1v) is 9.34. The largest absolute Gasteiger partial charge is 0.434 e. The number of carbonyl (C=O) groups excluding carboxylic acids is 1. The molecule has 12 nitrogen and oxygen atoms in total. The van der Waals surface area contributed by atoms with Gasteiger partial charge in [0, 0.05) is 17.7 Å². The predicted octanol–water partition coefficient (Wildman–Crippen LogP) is 3.97. The fourth-order valence-electron chi connectivity index (χ4n) is 2.67. The number of nitro benzene ring substituents is 1. The molecule has 1 aromatic heterocycles. The third kappa shape index (κ3) is 5.11. The van der Waals surface area contributed by atoms with Crippen molar-refractivity contribution in [2.45, 2.75) is 19.8 Å². The number of nitrogens with one attached hydrogen (secondary N) is 2. The van der Waals surface area contributed by atoms with E-state index in [4.69, 9.17) is 4.74 Å². The molecule has 3 aromatic rings. The van der Waals surface area contributed by atoms with Crippen LogP contribution in [0.1, 0.15) is 35.7 Å². The van der Waals surface area contributed by atoms with Gasteiger partial charge in [-0.2, -0.15) is 4.98 Å². The number of ether oxygens (including phenoxy) is 1. The van der Waals surface area contributed by atoms with Crippen LogP contribution in [0.3, 0.4) is 0 Å². The fourth-order valence-corrected chi connectivity index (χ4v) is 2.67.